The van der Waals surface area contributed by atoms with Crippen LogP contribution in [0.15, 0.2) is 52.8 Å². The topological polar surface area (TPSA) is 104 Å². The molecule has 0 unspecified atom stereocenters. The number of carbonyl (C=O) groups excluding carboxylic acids is 2. The van der Waals surface area contributed by atoms with Crippen molar-refractivity contribution in [1.29, 1.82) is 0 Å². The van der Waals surface area contributed by atoms with Gasteiger partial charge < -0.3 is 10.3 Å². The summed E-state index contributed by atoms with van der Waals surface area (Å²) in [5.41, 5.74) is 1.75. The maximum atomic E-state index is 12.1. The molecule has 0 spiro atoms. The third-order valence-electron chi connectivity index (χ3n) is 3.83. The Morgan fingerprint density at radius 3 is 2.64 bits per heavy atom. The van der Waals surface area contributed by atoms with Gasteiger partial charge in [-0.3, -0.25) is 19.7 Å². The molecule has 3 N–H and O–H groups in total. The maximum absolute atomic E-state index is 12.1. The average molecular weight is 417 g/mol. The Morgan fingerprint density at radius 2 is 1.93 bits per heavy atom. The van der Waals surface area contributed by atoms with E-state index in [1.807, 2.05) is 12.1 Å². The summed E-state index contributed by atoms with van der Waals surface area (Å²) in [6.07, 6.45) is 2.11. The van der Waals surface area contributed by atoms with Crippen LogP contribution < -0.4 is 16.2 Å². The molecule has 2 aromatic heterocycles. The average Bonchev–Trinajstić information content (AvgIpc) is 3.13. The van der Waals surface area contributed by atoms with Crippen LogP contribution in [-0.4, -0.2) is 21.8 Å². The molecule has 28 heavy (non-hydrogen) atoms. The highest BCUT2D eigenvalue weighted by Gasteiger charge is 2.10. The summed E-state index contributed by atoms with van der Waals surface area (Å²) >= 11 is 7.11. The molecule has 1 aromatic carbocycles. The first-order valence-electron chi connectivity index (χ1n) is 8.45. The Balaban J connectivity index is 1.45. The lowest BCUT2D eigenvalue weighted by molar-refractivity contribution is -0.121. The van der Waals surface area contributed by atoms with Gasteiger partial charge in [0.2, 0.25) is 11.5 Å². The number of amides is 2. The predicted molar refractivity (Wildman–Crippen MR) is 109 cm³/mol. The minimum Gasteiger partial charge on any atom is -0.352 e. The van der Waals surface area contributed by atoms with Crippen LogP contribution in [0.3, 0.4) is 0 Å². The van der Waals surface area contributed by atoms with Crippen molar-refractivity contribution in [2.24, 2.45) is 0 Å². The number of hydrogen-bond acceptors (Lipinski definition) is 5. The van der Waals surface area contributed by atoms with Gasteiger partial charge in [0, 0.05) is 35.6 Å². The number of pyridine rings is 1. The van der Waals surface area contributed by atoms with Gasteiger partial charge >= 0.3 is 0 Å². The third kappa shape index (κ3) is 5.77. The van der Waals surface area contributed by atoms with Crippen molar-refractivity contribution in [3.63, 3.8) is 0 Å². The summed E-state index contributed by atoms with van der Waals surface area (Å²) in [6, 6.07) is 10.0. The van der Waals surface area contributed by atoms with E-state index in [9.17, 15) is 14.4 Å². The SMILES string of the molecule is O=C(CCc1csc(NC(=O)c2ccc(=O)[nH]c2)n1)NCc1ccc(Cl)cc1. The minimum atomic E-state index is -0.363. The number of nitrogens with zero attached hydrogens (tertiary/aromatic N) is 1. The van der Waals surface area contributed by atoms with Crippen LogP contribution in [0.4, 0.5) is 5.13 Å². The Morgan fingerprint density at radius 1 is 1.14 bits per heavy atom. The molecule has 0 aliphatic heterocycles. The predicted octanol–water partition coefficient (Wildman–Crippen LogP) is 2.99. The van der Waals surface area contributed by atoms with E-state index in [1.54, 1.807) is 17.5 Å². The van der Waals surface area contributed by atoms with Crippen molar-refractivity contribution in [2.45, 2.75) is 19.4 Å². The second kappa shape index (κ2) is 9.29. The van der Waals surface area contributed by atoms with Crippen molar-refractivity contribution >= 4 is 39.9 Å². The van der Waals surface area contributed by atoms with Crippen LogP contribution in [0.25, 0.3) is 0 Å². The number of anilines is 1. The Bertz CT molecular complexity index is 1010. The van der Waals surface area contributed by atoms with Crippen LogP contribution in [-0.2, 0) is 17.8 Å². The van der Waals surface area contributed by atoms with Gasteiger partial charge in [-0.15, -0.1) is 11.3 Å². The summed E-state index contributed by atoms with van der Waals surface area (Å²) in [7, 11) is 0. The van der Waals surface area contributed by atoms with E-state index in [1.165, 1.54) is 29.7 Å². The molecule has 3 aromatic rings. The number of carbonyl (C=O) groups is 2. The number of aromatic nitrogens is 2. The zero-order valence-corrected chi connectivity index (χ0v) is 16.3. The van der Waals surface area contributed by atoms with Gasteiger partial charge in [0.05, 0.1) is 11.3 Å². The first-order valence-corrected chi connectivity index (χ1v) is 9.71. The van der Waals surface area contributed by atoms with Crippen molar-refractivity contribution in [1.82, 2.24) is 15.3 Å². The number of benzene rings is 1. The third-order valence-corrected chi connectivity index (χ3v) is 4.89. The molecule has 3 rings (SSSR count). The summed E-state index contributed by atoms with van der Waals surface area (Å²) in [5.74, 6) is -0.445. The van der Waals surface area contributed by atoms with Gasteiger partial charge in [-0.05, 0) is 30.2 Å². The van der Waals surface area contributed by atoms with Gasteiger partial charge in [0.15, 0.2) is 5.13 Å². The fourth-order valence-corrected chi connectivity index (χ4v) is 3.20. The number of rotatable bonds is 7. The number of halogens is 1. The second-order valence-electron chi connectivity index (χ2n) is 5.94. The number of aryl methyl sites for hydroxylation is 1. The Hall–Kier alpha value is -2.97. The van der Waals surface area contributed by atoms with Crippen LogP contribution in [0, 0.1) is 0 Å². The normalized spacial score (nSPS) is 10.5. The second-order valence-corrected chi connectivity index (χ2v) is 7.24. The summed E-state index contributed by atoms with van der Waals surface area (Å²) < 4.78 is 0. The molecule has 0 aliphatic carbocycles. The zero-order chi connectivity index (χ0) is 19.9. The molecule has 0 saturated heterocycles. The summed E-state index contributed by atoms with van der Waals surface area (Å²) in [6.45, 7) is 0.438. The quantitative estimate of drug-likeness (QED) is 0.550. The monoisotopic (exact) mass is 416 g/mol. The molecule has 0 atom stereocenters. The molecule has 0 aliphatic rings. The van der Waals surface area contributed by atoms with Gasteiger partial charge in [0.1, 0.15) is 0 Å². The molecule has 2 heterocycles. The standard InChI is InChI=1S/C19H17ClN4O3S/c20-14-4-1-12(2-5-14)9-21-17(26)8-6-15-11-28-19(23-15)24-18(27)13-3-7-16(25)22-10-13/h1-5,7,10-11H,6,8-9H2,(H,21,26)(H,22,25)(H,23,24,27). The molecule has 0 saturated carbocycles. The van der Waals surface area contributed by atoms with E-state index in [0.717, 1.165) is 11.3 Å². The van der Waals surface area contributed by atoms with E-state index in [2.05, 4.69) is 20.6 Å². The number of aromatic amines is 1. The largest absolute Gasteiger partial charge is 0.352 e. The molecule has 0 fully saturated rings. The number of hydrogen-bond donors (Lipinski definition) is 3. The van der Waals surface area contributed by atoms with Crippen molar-refractivity contribution in [3.05, 3.63) is 80.2 Å². The van der Waals surface area contributed by atoms with Crippen LogP contribution in [0.2, 0.25) is 5.02 Å². The fourth-order valence-electron chi connectivity index (χ4n) is 2.33. The van der Waals surface area contributed by atoms with Crippen LogP contribution >= 0.6 is 22.9 Å². The molecular weight excluding hydrogens is 400 g/mol. The highest BCUT2D eigenvalue weighted by Crippen LogP contribution is 2.17. The lowest BCUT2D eigenvalue weighted by atomic mass is 10.2. The van der Waals surface area contributed by atoms with E-state index >= 15 is 0 Å². The number of nitrogens with one attached hydrogen (secondary N) is 3. The van der Waals surface area contributed by atoms with Gasteiger partial charge in [-0.1, -0.05) is 23.7 Å². The summed E-state index contributed by atoms with van der Waals surface area (Å²) in [5, 5.41) is 8.41. The van der Waals surface area contributed by atoms with E-state index < -0.39 is 0 Å². The molecule has 0 radical (unpaired) electrons. The van der Waals surface area contributed by atoms with Gasteiger partial charge in [-0.2, -0.15) is 0 Å². The Labute approximate surface area is 169 Å². The van der Waals surface area contributed by atoms with E-state index in [-0.39, 0.29) is 17.4 Å². The summed E-state index contributed by atoms with van der Waals surface area (Å²) in [4.78, 5) is 41.9. The van der Waals surface area contributed by atoms with Crippen LogP contribution in [0.1, 0.15) is 28.0 Å². The van der Waals surface area contributed by atoms with Gasteiger partial charge in [-0.25, -0.2) is 4.98 Å². The van der Waals surface area contributed by atoms with E-state index in [4.69, 9.17) is 11.6 Å². The van der Waals surface area contributed by atoms with Crippen LogP contribution in [0.5, 0.6) is 0 Å². The molecular formula is C19H17ClN4O3S. The van der Waals surface area contributed by atoms with Crippen molar-refractivity contribution < 1.29 is 9.59 Å². The molecule has 9 heteroatoms. The van der Waals surface area contributed by atoms with E-state index in [0.29, 0.717) is 35.1 Å². The van der Waals surface area contributed by atoms with Crippen molar-refractivity contribution in [2.75, 3.05) is 5.32 Å². The lowest BCUT2D eigenvalue weighted by Crippen LogP contribution is -2.23. The Kier molecular flexibility index (Phi) is 6.57. The molecule has 7 nitrogen and oxygen atoms in total. The molecule has 2 amide bonds. The molecule has 144 valence electrons. The first kappa shape index (κ1) is 19.8. The molecule has 0 bridgehead atoms. The first-order chi connectivity index (χ1) is 13.5. The maximum Gasteiger partial charge on any atom is 0.258 e. The minimum absolute atomic E-state index is 0.0817. The number of thiazole rings is 1. The van der Waals surface area contributed by atoms with Crippen molar-refractivity contribution in [3.8, 4) is 0 Å². The van der Waals surface area contributed by atoms with Gasteiger partial charge in [0.25, 0.3) is 5.91 Å². The zero-order valence-electron chi connectivity index (χ0n) is 14.7. The fraction of sp³-hybridized carbons (Fsp3) is 0.158. The smallest absolute Gasteiger partial charge is 0.258 e. The highest BCUT2D eigenvalue weighted by atomic mass is 35.5. The highest BCUT2D eigenvalue weighted by molar-refractivity contribution is 7.14. The number of H-pyrrole nitrogens is 1. The lowest BCUT2D eigenvalue weighted by Gasteiger charge is -2.05.